The van der Waals surface area contributed by atoms with Crippen LogP contribution in [0.5, 0.6) is 5.75 Å². The molecule has 0 radical (unpaired) electrons. The van der Waals surface area contributed by atoms with Crippen LogP contribution in [0, 0.1) is 5.82 Å². The summed E-state index contributed by atoms with van der Waals surface area (Å²) in [5, 5.41) is 3.05. The van der Waals surface area contributed by atoms with Crippen LogP contribution in [-0.2, 0) is 0 Å². The van der Waals surface area contributed by atoms with E-state index in [0.29, 0.717) is 21.8 Å². The highest BCUT2D eigenvalue weighted by Gasteiger charge is 2.09. The molecular weight excluding hydrogens is 327 g/mol. The third kappa shape index (κ3) is 2.32. The van der Waals surface area contributed by atoms with Gasteiger partial charge < -0.3 is 14.5 Å². The van der Waals surface area contributed by atoms with Crippen LogP contribution in [0.1, 0.15) is 0 Å². The van der Waals surface area contributed by atoms with Gasteiger partial charge in [-0.05, 0) is 28.1 Å². The number of fused-ring (bicyclic) bond motifs is 1. The summed E-state index contributed by atoms with van der Waals surface area (Å²) in [6.07, 6.45) is 5.27. The third-order valence-corrected chi connectivity index (χ3v) is 3.14. The molecule has 5 nitrogen and oxygen atoms in total. The number of aromatic nitrogens is 3. The number of imidazole rings is 1. The van der Waals surface area contributed by atoms with Crippen molar-refractivity contribution in [1.82, 2.24) is 14.4 Å². The van der Waals surface area contributed by atoms with Gasteiger partial charge in [0.25, 0.3) is 0 Å². The Balaban J connectivity index is 2.00. The van der Waals surface area contributed by atoms with Crippen molar-refractivity contribution < 1.29 is 9.13 Å². The minimum atomic E-state index is -0.438. The third-order valence-electron chi connectivity index (χ3n) is 2.76. The number of benzene rings is 1. The summed E-state index contributed by atoms with van der Waals surface area (Å²) < 4.78 is 21.0. The smallest absolute Gasteiger partial charge is 0.180 e. The van der Waals surface area contributed by atoms with Crippen molar-refractivity contribution in [3.8, 4) is 5.75 Å². The van der Waals surface area contributed by atoms with E-state index in [0.717, 1.165) is 0 Å². The highest BCUT2D eigenvalue weighted by molar-refractivity contribution is 9.10. The van der Waals surface area contributed by atoms with Gasteiger partial charge in [-0.15, -0.1) is 0 Å². The van der Waals surface area contributed by atoms with Crippen LogP contribution in [0.2, 0.25) is 0 Å². The molecule has 1 N–H and O–H groups in total. The Morgan fingerprint density at radius 2 is 2.25 bits per heavy atom. The molecule has 7 heteroatoms. The summed E-state index contributed by atoms with van der Waals surface area (Å²) in [4.78, 5) is 8.52. The van der Waals surface area contributed by atoms with E-state index in [-0.39, 0.29) is 5.75 Å². The number of ether oxygens (including phenoxy) is 1. The summed E-state index contributed by atoms with van der Waals surface area (Å²) >= 11 is 3.32. The fourth-order valence-corrected chi connectivity index (χ4v) is 2.26. The Hall–Kier alpha value is -2.15. The molecular formula is C13H10BrFN4O. The van der Waals surface area contributed by atoms with Gasteiger partial charge in [0.15, 0.2) is 23.0 Å². The van der Waals surface area contributed by atoms with Crippen LogP contribution >= 0.6 is 15.9 Å². The van der Waals surface area contributed by atoms with Gasteiger partial charge in [-0.25, -0.2) is 14.4 Å². The molecule has 0 unspecified atom stereocenters. The Morgan fingerprint density at radius 1 is 1.40 bits per heavy atom. The minimum absolute atomic E-state index is 0.198. The van der Waals surface area contributed by atoms with Crippen molar-refractivity contribution in [3.63, 3.8) is 0 Å². The Labute approximate surface area is 122 Å². The normalized spacial score (nSPS) is 10.8. The van der Waals surface area contributed by atoms with Crippen LogP contribution in [0.4, 0.5) is 15.9 Å². The lowest BCUT2D eigenvalue weighted by Gasteiger charge is -2.09. The predicted octanol–water partition coefficient (Wildman–Crippen LogP) is 3.38. The van der Waals surface area contributed by atoms with Gasteiger partial charge in [0, 0.05) is 30.3 Å². The Morgan fingerprint density at radius 3 is 3.00 bits per heavy atom. The first-order valence-corrected chi connectivity index (χ1v) is 6.56. The van der Waals surface area contributed by atoms with E-state index < -0.39 is 5.82 Å². The molecule has 0 saturated heterocycles. The molecule has 0 aliphatic rings. The summed E-state index contributed by atoms with van der Waals surface area (Å²) in [7, 11) is 1.43. The molecule has 0 spiro atoms. The number of methoxy groups -OCH3 is 1. The standard InChI is InChI=1S/C13H10BrFN4O/c1-20-10-3-2-8(6-9(10)15)17-12-13-16-4-5-19(13)7-11(14)18-12/h2-7H,1H3,(H,17,18). The van der Waals surface area contributed by atoms with Gasteiger partial charge in [-0.2, -0.15) is 0 Å². The van der Waals surface area contributed by atoms with Crippen LogP contribution in [0.3, 0.4) is 0 Å². The van der Waals surface area contributed by atoms with Crippen LogP contribution in [0.15, 0.2) is 41.4 Å². The van der Waals surface area contributed by atoms with Gasteiger partial charge in [0.2, 0.25) is 0 Å². The number of rotatable bonds is 3. The molecule has 0 amide bonds. The van der Waals surface area contributed by atoms with Crippen molar-refractivity contribution in [2.24, 2.45) is 0 Å². The number of hydrogen-bond acceptors (Lipinski definition) is 4. The molecule has 0 aliphatic heterocycles. The van der Waals surface area contributed by atoms with Crippen LogP contribution in [-0.4, -0.2) is 21.5 Å². The highest BCUT2D eigenvalue weighted by atomic mass is 79.9. The minimum Gasteiger partial charge on any atom is -0.494 e. The molecule has 2 heterocycles. The monoisotopic (exact) mass is 336 g/mol. The zero-order valence-electron chi connectivity index (χ0n) is 10.5. The topological polar surface area (TPSA) is 51.5 Å². The van der Waals surface area contributed by atoms with E-state index in [1.165, 1.54) is 13.2 Å². The Bertz CT molecular complexity index is 774. The maximum Gasteiger partial charge on any atom is 0.180 e. The molecule has 3 aromatic rings. The lowest BCUT2D eigenvalue weighted by molar-refractivity contribution is 0.386. The molecule has 3 rings (SSSR count). The number of nitrogens with zero attached hydrogens (tertiary/aromatic N) is 3. The quantitative estimate of drug-likeness (QED) is 0.796. The van der Waals surface area contributed by atoms with E-state index in [2.05, 4.69) is 31.2 Å². The lowest BCUT2D eigenvalue weighted by atomic mass is 10.3. The highest BCUT2D eigenvalue weighted by Crippen LogP contribution is 2.25. The number of hydrogen-bond donors (Lipinski definition) is 1. The molecule has 0 fully saturated rings. The molecule has 20 heavy (non-hydrogen) atoms. The number of nitrogens with one attached hydrogen (secondary N) is 1. The molecule has 2 aromatic heterocycles. The molecule has 102 valence electrons. The molecule has 1 aromatic carbocycles. The maximum absolute atomic E-state index is 13.7. The second-order valence-electron chi connectivity index (χ2n) is 4.04. The predicted molar refractivity (Wildman–Crippen MR) is 76.9 cm³/mol. The zero-order chi connectivity index (χ0) is 14.1. The molecule has 0 atom stereocenters. The van der Waals surface area contributed by atoms with Crippen molar-refractivity contribution >= 4 is 33.1 Å². The molecule has 0 saturated carbocycles. The van der Waals surface area contributed by atoms with E-state index in [9.17, 15) is 4.39 Å². The van der Waals surface area contributed by atoms with Crippen LogP contribution in [0.25, 0.3) is 5.65 Å². The second-order valence-corrected chi connectivity index (χ2v) is 4.86. The molecule has 0 aliphatic carbocycles. The van der Waals surface area contributed by atoms with Crippen molar-refractivity contribution in [1.29, 1.82) is 0 Å². The molecule has 0 bridgehead atoms. The number of anilines is 2. The first kappa shape index (κ1) is 12.9. The van der Waals surface area contributed by atoms with Gasteiger partial charge in [-0.1, -0.05) is 0 Å². The van der Waals surface area contributed by atoms with E-state index in [1.54, 1.807) is 24.5 Å². The summed E-state index contributed by atoms with van der Waals surface area (Å²) in [5.74, 6) is 0.296. The number of halogens is 2. The summed E-state index contributed by atoms with van der Waals surface area (Å²) in [6, 6.07) is 4.61. The first-order chi connectivity index (χ1) is 9.67. The fraction of sp³-hybridized carbons (Fsp3) is 0.0769. The van der Waals surface area contributed by atoms with E-state index >= 15 is 0 Å². The fourth-order valence-electron chi connectivity index (χ4n) is 1.87. The van der Waals surface area contributed by atoms with Crippen molar-refractivity contribution in [3.05, 3.63) is 47.2 Å². The SMILES string of the molecule is COc1ccc(Nc2nc(Br)cn3ccnc23)cc1F. The van der Waals surface area contributed by atoms with Gasteiger partial charge >= 0.3 is 0 Å². The first-order valence-electron chi connectivity index (χ1n) is 5.77. The zero-order valence-corrected chi connectivity index (χ0v) is 12.1. The maximum atomic E-state index is 13.7. The summed E-state index contributed by atoms with van der Waals surface area (Å²) in [6.45, 7) is 0. The summed E-state index contributed by atoms with van der Waals surface area (Å²) in [5.41, 5.74) is 1.23. The van der Waals surface area contributed by atoms with E-state index in [1.807, 2.05) is 10.6 Å². The largest absolute Gasteiger partial charge is 0.494 e. The van der Waals surface area contributed by atoms with Crippen molar-refractivity contribution in [2.75, 3.05) is 12.4 Å². The van der Waals surface area contributed by atoms with Crippen LogP contribution < -0.4 is 10.1 Å². The van der Waals surface area contributed by atoms with Gasteiger partial charge in [0.1, 0.15) is 4.60 Å². The average Bonchev–Trinajstić information content (AvgIpc) is 2.87. The van der Waals surface area contributed by atoms with Gasteiger partial charge in [-0.3, -0.25) is 0 Å². The Kier molecular flexibility index (Phi) is 3.27. The average molecular weight is 337 g/mol. The van der Waals surface area contributed by atoms with E-state index in [4.69, 9.17) is 4.74 Å². The van der Waals surface area contributed by atoms with Crippen molar-refractivity contribution in [2.45, 2.75) is 0 Å². The second kappa shape index (κ2) is 5.09. The lowest BCUT2D eigenvalue weighted by Crippen LogP contribution is -1.99. The van der Waals surface area contributed by atoms with Gasteiger partial charge in [0.05, 0.1) is 7.11 Å².